The van der Waals surface area contributed by atoms with Gasteiger partial charge in [0.1, 0.15) is 0 Å². The average molecular weight is 260 g/mol. The summed E-state index contributed by atoms with van der Waals surface area (Å²) < 4.78 is 26.2. The van der Waals surface area contributed by atoms with Crippen LogP contribution >= 0.6 is 0 Å². The number of carbonyl (C=O) groups excluding carboxylic acids is 2. The number of nitrogens with two attached hydrogens (primary N) is 2. The number of allylic oxidation sites excluding steroid dienone is 1. The predicted octanol–water partition coefficient (Wildman–Crippen LogP) is -1.94. The molecule has 0 aromatic rings. The van der Waals surface area contributed by atoms with E-state index in [9.17, 15) is 18.0 Å². The van der Waals surface area contributed by atoms with Crippen molar-refractivity contribution in [2.75, 3.05) is 0 Å². The zero-order valence-corrected chi connectivity index (χ0v) is 9.63. The second-order valence-corrected chi connectivity index (χ2v) is 4.87. The predicted molar refractivity (Wildman–Crippen MR) is 56.7 cm³/mol. The topological polar surface area (TPSA) is 130 Å². The Morgan fingerprint density at radius 1 is 1.29 bits per heavy atom. The Morgan fingerprint density at radius 2 is 1.94 bits per heavy atom. The van der Waals surface area contributed by atoms with Crippen LogP contribution in [-0.4, -0.2) is 25.8 Å². The second-order valence-electron chi connectivity index (χ2n) is 4.24. The van der Waals surface area contributed by atoms with Crippen molar-refractivity contribution in [3.8, 4) is 0 Å². The highest BCUT2D eigenvalue weighted by molar-refractivity contribution is 7.67. The first-order valence-corrected chi connectivity index (χ1v) is 6.10. The number of hydrogen-bond acceptors (Lipinski definition) is 5. The standard InChI is InChI=1S/C9H12N2O5S/c10-7(12)6-4-1-2-5(3-4)9(6,8(11)13)16-17(14)15/h1-2,4-6,17H,3H2,(H2,10,12)(H2,11,13). The zero-order valence-electron chi connectivity index (χ0n) is 8.74. The lowest BCUT2D eigenvalue weighted by molar-refractivity contribution is -0.146. The average Bonchev–Trinajstić information content (AvgIpc) is 2.74. The number of fused-ring (bicyclic) bond motifs is 2. The van der Waals surface area contributed by atoms with Gasteiger partial charge in [0.2, 0.25) is 5.91 Å². The van der Waals surface area contributed by atoms with Gasteiger partial charge in [-0.2, -0.15) is 0 Å². The van der Waals surface area contributed by atoms with Crippen molar-refractivity contribution in [3.05, 3.63) is 12.2 Å². The van der Waals surface area contributed by atoms with Gasteiger partial charge in [-0.15, -0.1) is 0 Å². The van der Waals surface area contributed by atoms with E-state index in [-0.39, 0.29) is 5.92 Å². The highest BCUT2D eigenvalue weighted by Crippen LogP contribution is 2.52. The Morgan fingerprint density at radius 3 is 2.41 bits per heavy atom. The summed E-state index contributed by atoms with van der Waals surface area (Å²) in [6.07, 6.45) is 3.83. The van der Waals surface area contributed by atoms with Crippen molar-refractivity contribution < 1.29 is 22.2 Å². The van der Waals surface area contributed by atoms with Crippen LogP contribution in [0.1, 0.15) is 6.42 Å². The molecular weight excluding hydrogens is 248 g/mol. The first-order chi connectivity index (χ1) is 7.89. The van der Waals surface area contributed by atoms with Crippen LogP contribution in [0.2, 0.25) is 0 Å². The van der Waals surface area contributed by atoms with Crippen LogP contribution in [0.3, 0.4) is 0 Å². The van der Waals surface area contributed by atoms with E-state index in [4.69, 9.17) is 15.7 Å². The number of amides is 2. The van der Waals surface area contributed by atoms with Crippen molar-refractivity contribution in [2.24, 2.45) is 29.2 Å². The molecule has 2 amide bonds. The summed E-state index contributed by atoms with van der Waals surface area (Å²) in [5.74, 6) is -3.59. The lowest BCUT2D eigenvalue weighted by Gasteiger charge is -2.34. The van der Waals surface area contributed by atoms with Crippen LogP contribution in [-0.2, 0) is 24.8 Å². The highest BCUT2D eigenvalue weighted by atomic mass is 32.2. The van der Waals surface area contributed by atoms with Crippen molar-refractivity contribution in [3.63, 3.8) is 0 Å². The lowest BCUT2D eigenvalue weighted by Crippen LogP contribution is -2.58. The summed E-state index contributed by atoms with van der Waals surface area (Å²) in [7, 11) is -3.30. The van der Waals surface area contributed by atoms with Crippen molar-refractivity contribution >= 4 is 22.8 Å². The van der Waals surface area contributed by atoms with Gasteiger partial charge in [-0.05, 0) is 12.3 Å². The molecule has 0 aromatic carbocycles. The molecule has 2 bridgehead atoms. The minimum atomic E-state index is -3.30. The summed E-state index contributed by atoms with van der Waals surface area (Å²) in [6.45, 7) is 0. The quantitative estimate of drug-likeness (QED) is 0.400. The van der Waals surface area contributed by atoms with Crippen LogP contribution in [0.4, 0.5) is 0 Å². The van der Waals surface area contributed by atoms with Crippen molar-refractivity contribution in [2.45, 2.75) is 12.0 Å². The van der Waals surface area contributed by atoms with Crippen LogP contribution in [0.25, 0.3) is 0 Å². The number of primary amides is 2. The van der Waals surface area contributed by atoms with Gasteiger partial charge in [0.25, 0.3) is 16.9 Å². The molecule has 4 N–H and O–H groups in total. The van der Waals surface area contributed by atoms with Crippen LogP contribution < -0.4 is 11.5 Å². The fourth-order valence-electron chi connectivity index (χ4n) is 2.89. The smallest absolute Gasteiger partial charge is 0.258 e. The summed E-state index contributed by atoms with van der Waals surface area (Å²) in [5.41, 5.74) is 8.59. The molecule has 4 atom stereocenters. The van der Waals surface area contributed by atoms with E-state index in [0.717, 1.165) is 0 Å². The van der Waals surface area contributed by atoms with Gasteiger partial charge < -0.3 is 11.5 Å². The minimum absolute atomic E-state index is 0.292. The van der Waals surface area contributed by atoms with E-state index < -0.39 is 40.2 Å². The van der Waals surface area contributed by atoms with E-state index in [2.05, 4.69) is 0 Å². The van der Waals surface area contributed by atoms with E-state index in [1.54, 1.807) is 12.2 Å². The molecular formula is C9H12N2O5S. The van der Waals surface area contributed by atoms with Gasteiger partial charge in [0.05, 0.1) is 5.92 Å². The number of rotatable bonds is 4. The van der Waals surface area contributed by atoms with Gasteiger partial charge in [0, 0.05) is 5.92 Å². The molecule has 0 heterocycles. The molecule has 0 aliphatic heterocycles. The molecule has 0 saturated heterocycles. The highest BCUT2D eigenvalue weighted by Gasteiger charge is 2.64. The Labute approximate surface area is 98.9 Å². The third kappa shape index (κ3) is 1.55. The summed E-state index contributed by atoms with van der Waals surface area (Å²) in [4.78, 5) is 22.9. The van der Waals surface area contributed by atoms with E-state index in [0.29, 0.717) is 6.42 Å². The fraction of sp³-hybridized carbons (Fsp3) is 0.556. The maximum absolute atomic E-state index is 11.6. The zero-order chi connectivity index (χ0) is 12.8. The number of thiol groups is 1. The SMILES string of the molecule is NC(=O)C1C2C=CC(C2)C1(O[SH](=O)=O)C(N)=O. The van der Waals surface area contributed by atoms with Gasteiger partial charge in [-0.3, -0.25) is 13.8 Å². The van der Waals surface area contributed by atoms with Crippen molar-refractivity contribution in [1.29, 1.82) is 0 Å². The van der Waals surface area contributed by atoms with E-state index in [1.165, 1.54) is 0 Å². The van der Waals surface area contributed by atoms with E-state index >= 15 is 0 Å². The third-order valence-corrected chi connectivity index (χ3v) is 3.93. The number of hydrogen-bond donors (Lipinski definition) is 3. The molecule has 94 valence electrons. The molecule has 8 heteroatoms. The van der Waals surface area contributed by atoms with Gasteiger partial charge >= 0.3 is 0 Å². The summed E-state index contributed by atoms with van der Waals surface area (Å²) in [5, 5.41) is 0. The monoisotopic (exact) mass is 260 g/mol. The Balaban J connectivity index is 2.53. The maximum atomic E-state index is 11.6. The molecule has 4 unspecified atom stereocenters. The molecule has 17 heavy (non-hydrogen) atoms. The first-order valence-electron chi connectivity index (χ1n) is 5.00. The summed E-state index contributed by atoms with van der Waals surface area (Å²) in [6, 6.07) is 0. The fourth-order valence-corrected chi connectivity index (χ4v) is 3.48. The minimum Gasteiger partial charge on any atom is -0.369 e. The van der Waals surface area contributed by atoms with Gasteiger partial charge in [0.15, 0.2) is 5.60 Å². The summed E-state index contributed by atoms with van der Waals surface area (Å²) >= 11 is 0. The third-order valence-electron chi connectivity index (χ3n) is 3.47. The molecule has 2 rings (SSSR count). The van der Waals surface area contributed by atoms with E-state index in [1.807, 2.05) is 0 Å². The molecule has 2 aliphatic rings. The molecule has 1 saturated carbocycles. The molecule has 7 nitrogen and oxygen atoms in total. The van der Waals surface area contributed by atoms with Gasteiger partial charge in [-0.1, -0.05) is 12.2 Å². The molecule has 0 spiro atoms. The maximum Gasteiger partial charge on any atom is 0.258 e. The number of carbonyl (C=O) groups is 2. The second kappa shape index (κ2) is 3.81. The molecule has 0 radical (unpaired) electrons. The largest absolute Gasteiger partial charge is 0.369 e. The molecule has 2 aliphatic carbocycles. The van der Waals surface area contributed by atoms with Gasteiger partial charge in [-0.25, -0.2) is 8.42 Å². The van der Waals surface area contributed by atoms with Crippen LogP contribution in [0.5, 0.6) is 0 Å². The molecule has 1 fully saturated rings. The molecule has 0 aromatic heterocycles. The lowest BCUT2D eigenvalue weighted by atomic mass is 9.78. The Bertz CT molecular complexity index is 478. The Kier molecular flexibility index (Phi) is 2.70. The van der Waals surface area contributed by atoms with Crippen LogP contribution in [0, 0.1) is 17.8 Å². The Hall–Kier alpha value is -1.41. The van der Waals surface area contributed by atoms with Crippen molar-refractivity contribution in [1.82, 2.24) is 0 Å². The first kappa shape index (κ1) is 12.1. The normalized spacial score (nSPS) is 38.8. The van der Waals surface area contributed by atoms with Crippen LogP contribution in [0.15, 0.2) is 12.2 Å².